The molecule has 0 saturated carbocycles. The lowest BCUT2D eigenvalue weighted by Gasteiger charge is -2.23. The number of carbonyl (C=O) groups is 1. The number of halogens is 2. The lowest BCUT2D eigenvalue weighted by molar-refractivity contribution is 0.0929. The van der Waals surface area contributed by atoms with Crippen molar-refractivity contribution in [3.8, 4) is 0 Å². The largest absolute Gasteiger partial charge is 0.344 e. The molecular formula is C18H24Cl2N4O. The summed E-state index contributed by atoms with van der Waals surface area (Å²) in [5, 5.41) is 11.6. The van der Waals surface area contributed by atoms with Gasteiger partial charge in [0.1, 0.15) is 5.69 Å². The van der Waals surface area contributed by atoms with Gasteiger partial charge in [0.05, 0.1) is 12.1 Å². The summed E-state index contributed by atoms with van der Waals surface area (Å²) in [5.41, 5.74) is 1.47. The molecule has 5 nitrogen and oxygen atoms in total. The van der Waals surface area contributed by atoms with Gasteiger partial charge >= 0.3 is 0 Å². The van der Waals surface area contributed by atoms with E-state index in [1.54, 1.807) is 6.07 Å². The van der Waals surface area contributed by atoms with Crippen LogP contribution < -0.4 is 10.6 Å². The van der Waals surface area contributed by atoms with Gasteiger partial charge in [-0.2, -0.15) is 5.10 Å². The maximum atomic E-state index is 12.5. The quantitative estimate of drug-likeness (QED) is 0.827. The molecule has 2 heterocycles. The number of amides is 1. The summed E-state index contributed by atoms with van der Waals surface area (Å²) < 4.78 is 1.90. The van der Waals surface area contributed by atoms with Crippen LogP contribution in [0.4, 0.5) is 0 Å². The van der Waals surface area contributed by atoms with Crippen LogP contribution in [-0.4, -0.2) is 28.8 Å². The maximum Gasteiger partial charge on any atom is 0.272 e. The standard InChI is InChI=1S/C18H23ClN4O.ClH/c1-2-16(13-5-3-6-14(19)11-13)21-18(24)17-8-10-23(22-17)15-7-4-9-20-12-15;/h3,5-6,8,10-11,15-16,20H,2,4,7,9,12H2,1H3,(H,21,24);1H. The van der Waals surface area contributed by atoms with Crippen molar-refractivity contribution in [1.82, 2.24) is 20.4 Å². The second kappa shape index (κ2) is 9.22. The molecule has 1 aliphatic heterocycles. The van der Waals surface area contributed by atoms with Gasteiger partial charge in [-0.05, 0) is 49.6 Å². The van der Waals surface area contributed by atoms with Gasteiger partial charge in [-0.3, -0.25) is 9.48 Å². The Morgan fingerprint density at radius 1 is 1.48 bits per heavy atom. The fraction of sp³-hybridized carbons (Fsp3) is 0.444. The van der Waals surface area contributed by atoms with Crippen LogP contribution in [0.3, 0.4) is 0 Å². The van der Waals surface area contributed by atoms with Crippen molar-refractivity contribution in [2.75, 3.05) is 13.1 Å². The summed E-state index contributed by atoms with van der Waals surface area (Å²) in [7, 11) is 0. The van der Waals surface area contributed by atoms with Gasteiger partial charge in [0.2, 0.25) is 0 Å². The number of nitrogens with zero attached hydrogens (tertiary/aromatic N) is 2. The third-order valence-corrected chi connectivity index (χ3v) is 4.69. The average Bonchev–Trinajstić information content (AvgIpc) is 3.10. The predicted molar refractivity (Wildman–Crippen MR) is 103 cm³/mol. The molecule has 7 heteroatoms. The summed E-state index contributed by atoms with van der Waals surface area (Å²) in [5.74, 6) is -0.149. The van der Waals surface area contributed by atoms with Gasteiger partial charge in [0, 0.05) is 17.8 Å². The van der Waals surface area contributed by atoms with Gasteiger partial charge in [-0.15, -0.1) is 12.4 Å². The maximum absolute atomic E-state index is 12.5. The van der Waals surface area contributed by atoms with Crippen LogP contribution in [0.1, 0.15) is 54.3 Å². The number of nitrogens with one attached hydrogen (secondary N) is 2. The van der Waals surface area contributed by atoms with Gasteiger partial charge in [-0.25, -0.2) is 0 Å². The van der Waals surface area contributed by atoms with Crippen molar-refractivity contribution in [1.29, 1.82) is 0 Å². The highest BCUT2D eigenvalue weighted by atomic mass is 35.5. The van der Waals surface area contributed by atoms with E-state index in [0.29, 0.717) is 16.8 Å². The zero-order valence-electron chi connectivity index (χ0n) is 14.2. The fourth-order valence-corrected chi connectivity index (χ4v) is 3.30. The number of piperidine rings is 1. The molecule has 3 rings (SSSR count). The zero-order chi connectivity index (χ0) is 16.9. The first-order chi connectivity index (χ1) is 11.7. The molecule has 0 spiro atoms. The van der Waals surface area contributed by atoms with Crippen molar-refractivity contribution in [3.63, 3.8) is 0 Å². The third kappa shape index (κ3) is 4.97. The fourth-order valence-electron chi connectivity index (χ4n) is 3.10. The Hall–Kier alpha value is -1.56. The highest BCUT2D eigenvalue weighted by Gasteiger charge is 2.19. The van der Waals surface area contributed by atoms with E-state index in [1.807, 2.05) is 42.1 Å². The molecule has 0 aliphatic carbocycles. The highest BCUT2D eigenvalue weighted by Crippen LogP contribution is 2.21. The Balaban J connectivity index is 0.00000225. The topological polar surface area (TPSA) is 59.0 Å². The normalized spacial score (nSPS) is 18.2. The van der Waals surface area contributed by atoms with Crippen molar-refractivity contribution in [2.24, 2.45) is 0 Å². The van der Waals surface area contributed by atoms with Gasteiger partial charge in [-0.1, -0.05) is 30.7 Å². The number of aromatic nitrogens is 2. The summed E-state index contributed by atoms with van der Waals surface area (Å²) >= 11 is 6.05. The first-order valence-electron chi connectivity index (χ1n) is 8.49. The SMILES string of the molecule is CCC(NC(=O)c1ccn(C2CCCNC2)n1)c1cccc(Cl)c1.Cl. The molecule has 1 aromatic heterocycles. The zero-order valence-corrected chi connectivity index (χ0v) is 15.8. The van der Waals surface area contributed by atoms with Crippen LogP contribution in [-0.2, 0) is 0 Å². The van der Waals surface area contributed by atoms with E-state index >= 15 is 0 Å². The molecule has 2 atom stereocenters. The number of rotatable bonds is 5. The predicted octanol–water partition coefficient (Wildman–Crippen LogP) is 3.76. The minimum Gasteiger partial charge on any atom is -0.344 e. The summed E-state index contributed by atoms with van der Waals surface area (Å²) in [4.78, 5) is 12.5. The second-order valence-electron chi connectivity index (χ2n) is 6.17. The van der Waals surface area contributed by atoms with Crippen molar-refractivity contribution >= 4 is 29.9 Å². The number of hydrogen-bond donors (Lipinski definition) is 2. The minimum atomic E-state index is -0.149. The summed E-state index contributed by atoms with van der Waals surface area (Å²) in [6, 6.07) is 9.65. The summed E-state index contributed by atoms with van der Waals surface area (Å²) in [6.45, 7) is 4.00. The average molecular weight is 383 g/mol. The van der Waals surface area contributed by atoms with Crippen LogP contribution in [0, 0.1) is 0 Å². The van der Waals surface area contributed by atoms with Crippen LogP contribution in [0.15, 0.2) is 36.5 Å². The molecule has 1 saturated heterocycles. The number of carbonyl (C=O) groups excluding carboxylic acids is 1. The van der Waals surface area contributed by atoms with Crippen LogP contribution >= 0.6 is 24.0 Å². The van der Waals surface area contributed by atoms with E-state index in [4.69, 9.17) is 11.6 Å². The monoisotopic (exact) mass is 382 g/mol. The molecule has 1 amide bonds. The minimum absolute atomic E-state index is 0. The molecule has 136 valence electrons. The number of benzene rings is 1. The molecule has 1 aromatic carbocycles. The molecular weight excluding hydrogens is 359 g/mol. The molecule has 2 unspecified atom stereocenters. The van der Waals surface area contributed by atoms with Crippen molar-refractivity contribution < 1.29 is 4.79 Å². The molecule has 1 fully saturated rings. The van der Waals surface area contributed by atoms with E-state index in [1.165, 1.54) is 0 Å². The highest BCUT2D eigenvalue weighted by molar-refractivity contribution is 6.30. The van der Waals surface area contributed by atoms with Crippen LogP contribution in [0.2, 0.25) is 5.02 Å². The second-order valence-corrected chi connectivity index (χ2v) is 6.61. The van der Waals surface area contributed by atoms with Crippen LogP contribution in [0.25, 0.3) is 0 Å². The Morgan fingerprint density at radius 2 is 2.32 bits per heavy atom. The lowest BCUT2D eigenvalue weighted by atomic mass is 10.0. The first kappa shape index (κ1) is 19.8. The van der Waals surface area contributed by atoms with Gasteiger partial charge in [0.15, 0.2) is 0 Å². The van der Waals surface area contributed by atoms with Crippen molar-refractivity contribution in [3.05, 3.63) is 52.8 Å². The molecule has 1 aliphatic rings. The van der Waals surface area contributed by atoms with E-state index in [2.05, 4.69) is 15.7 Å². The molecule has 2 aromatic rings. The first-order valence-corrected chi connectivity index (χ1v) is 8.87. The molecule has 25 heavy (non-hydrogen) atoms. The molecule has 0 bridgehead atoms. The van der Waals surface area contributed by atoms with Gasteiger partial charge < -0.3 is 10.6 Å². The van der Waals surface area contributed by atoms with E-state index in [9.17, 15) is 4.79 Å². The Bertz CT molecular complexity index is 698. The van der Waals surface area contributed by atoms with Gasteiger partial charge in [0.25, 0.3) is 5.91 Å². The third-order valence-electron chi connectivity index (χ3n) is 4.45. The van der Waals surface area contributed by atoms with Crippen LogP contribution in [0.5, 0.6) is 0 Å². The van der Waals surface area contributed by atoms with Crippen molar-refractivity contribution in [2.45, 2.75) is 38.3 Å². The van der Waals surface area contributed by atoms with E-state index in [-0.39, 0.29) is 24.4 Å². The molecule has 2 N–H and O–H groups in total. The van der Waals surface area contributed by atoms with E-state index in [0.717, 1.165) is 37.9 Å². The Kier molecular flexibility index (Phi) is 7.29. The molecule has 0 radical (unpaired) electrons. The Morgan fingerprint density at radius 3 is 3.00 bits per heavy atom. The Labute approximate surface area is 159 Å². The smallest absolute Gasteiger partial charge is 0.272 e. The number of hydrogen-bond acceptors (Lipinski definition) is 3. The summed E-state index contributed by atoms with van der Waals surface area (Å²) in [6.07, 6.45) is 4.92. The lowest BCUT2D eigenvalue weighted by Crippen LogP contribution is -2.32. The van der Waals surface area contributed by atoms with E-state index < -0.39 is 0 Å².